The number of hydrogen-bond acceptors (Lipinski definition) is 7. The number of aromatic nitrogens is 2. The lowest BCUT2D eigenvalue weighted by atomic mass is 9.79. The zero-order chi connectivity index (χ0) is 31.6. The van der Waals surface area contributed by atoms with Gasteiger partial charge in [-0.1, -0.05) is 54.6 Å². The molecule has 8 heteroatoms. The Bertz CT molecular complexity index is 1660. The van der Waals surface area contributed by atoms with Gasteiger partial charge in [-0.3, -0.25) is 0 Å². The number of ether oxygens (including phenoxy) is 5. The molecule has 1 fully saturated rings. The highest BCUT2D eigenvalue weighted by molar-refractivity contribution is 5.89. The Morgan fingerprint density at radius 1 is 0.848 bits per heavy atom. The first-order valence-electron chi connectivity index (χ1n) is 16.0. The number of para-hydroxylation sites is 1. The summed E-state index contributed by atoms with van der Waals surface area (Å²) in [6, 6.07) is 29.1. The van der Waals surface area contributed by atoms with Crippen LogP contribution in [0.25, 0.3) is 10.8 Å². The van der Waals surface area contributed by atoms with Crippen molar-refractivity contribution in [3.8, 4) is 17.2 Å². The summed E-state index contributed by atoms with van der Waals surface area (Å²) < 4.78 is 31.9. The molecule has 0 unspecified atom stereocenters. The molecule has 6 rings (SSSR count). The number of methoxy groups -OCH3 is 2. The highest BCUT2D eigenvalue weighted by Crippen LogP contribution is 2.36. The Labute approximate surface area is 271 Å². The third-order valence-corrected chi connectivity index (χ3v) is 8.65. The smallest absolute Gasteiger partial charge is 0.127 e. The molecule has 5 aromatic rings. The fourth-order valence-electron chi connectivity index (χ4n) is 6.39. The largest absolute Gasteiger partial charge is 0.496 e. The van der Waals surface area contributed by atoms with E-state index in [-0.39, 0.29) is 12.0 Å². The van der Waals surface area contributed by atoms with Crippen LogP contribution in [0.2, 0.25) is 0 Å². The molecule has 46 heavy (non-hydrogen) atoms. The molecule has 0 aliphatic carbocycles. The Morgan fingerprint density at radius 2 is 1.67 bits per heavy atom. The second kappa shape index (κ2) is 15.8. The first kappa shape index (κ1) is 31.6. The van der Waals surface area contributed by atoms with E-state index in [9.17, 15) is 0 Å². The monoisotopic (exact) mass is 621 g/mol. The molecule has 1 aliphatic heterocycles. The third kappa shape index (κ3) is 7.88. The van der Waals surface area contributed by atoms with Crippen LogP contribution in [-0.2, 0) is 29.2 Å². The van der Waals surface area contributed by atoms with E-state index >= 15 is 0 Å². The molecule has 0 amide bonds. The summed E-state index contributed by atoms with van der Waals surface area (Å²) in [5.74, 6) is 3.09. The van der Waals surface area contributed by atoms with Crippen LogP contribution in [0.1, 0.15) is 29.0 Å². The predicted molar refractivity (Wildman–Crippen MR) is 180 cm³/mol. The van der Waals surface area contributed by atoms with Crippen LogP contribution >= 0.6 is 0 Å². The van der Waals surface area contributed by atoms with Crippen molar-refractivity contribution in [2.24, 2.45) is 5.92 Å². The Kier molecular flexibility index (Phi) is 10.8. The van der Waals surface area contributed by atoms with Crippen LogP contribution in [0, 0.1) is 5.92 Å². The van der Waals surface area contributed by atoms with Gasteiger partial charge in [0.05, 0.1) is 53.1 Å². The Hall–Kier alpha value is -4.37. The van der Waals surface area contributed by atoms with Crippen LogP contribution in [0.4, 0.5) is 0 Å². The molecule has 1 aromatic heterocycles. The van der Waals surface area contributed by atoms with E-state index in [1.807, 2.05) is 49.1 Å². The van der Waals surface area contributed by atoms with Crippen molar-refractivity contribution in [3.63, 3.8) is 0 Å². The molecule has 2 heterocycles. The molecule has 0 spiro atoms. The first-order chi connectivity index (χ1) is 22.7. The lowest BCUT2D eigenvalue weighted by Gasteiger charge is -2.39. The number of piperidine rings is 1. The van der Waals surface area contributed by atoms with Crippen molar-refractivity contribution < 1.29 is 23.7 Å². The second-order valence-corrected chi connectivity index (χ2v) is 11.7. The van der Waals surface area contributed by atoms with Gasteiger partial charge < -0.3 is 33.6 Å². The maximum Gasteiger partial charge on any atom is 0.127 e. The van der Waals surface area contributed by atoms with Crippen molar-refractivity contribution in [2.45, 2.75) is 38.2 Å². The highest BCUT2D eigenvalue weighted by Gasteiger charge is 2.35. The molecule has 0 bridgehead atoms. The van der Waals surface area contributed by atoms with Gasteiger partial charge in [0, 0.05) is 55.3 Å². The Morgan fingerprint density at radius 3 is 2.50 bits per heavy atom. The minimum Gasteiger partial charge on any atom is -0.496 e. The van der Waals surface area contributed by atoms with Gasteiger partial charge in [-0.15, -0.1) is 0 Å². The number of nitrogens with one attached hydrogen (secondary N) is 1. The molecule has 1 aliphatic rings. The van der Waals surface area contributed by atoms with Gasteiger partial charge >= 0.3 is 0 Å². The number of benzene rings is 4. The van der Waals surface area contributed by atoms with Gasteiger partial charge in [-0.25, -0.2) is 4.98 Å². The maximum atomic E-state index is 6.72. The minimum atomic E-state index is -0.00751. The fraction of sp³-hybridized carbons (Fsp3) is 0.342. The fourth-order valence-corrected chi connectivity index (χ4v) is 6.39. The standard InChI is InChI=1S/C38H43N3O5/c1-42-35-11-6-4-9-31(35)26-44-18-7-19-45-33-14-12-29(13-15-33)38-32(24-41-17-16-39-27-41)22-40-23-37(38)46-25-28-20-30-8-3-5-10-34(30)36(21-28)43-2/h3-6,8-17,20-21,27,32,37-38,40H,7,18-19,22-26H2,1-2H3/t32-,37+,38+/m1/s1. The molecule has 0 saturated carbocycles. The summed E-state index contributed by atoms with van der Waals surface area (Å²) in [7, 11) is 3.40. The number of hydrogen-bond donors (Lipinski definition) is 1. The van der Waals surface area contributed by atoms with E-state index in [2.05, 4.69) is 69.5 Å². The summed E-state index contributed by atoms with van der Waals surface area (Å²) in [6.07, 6.45) is 6.54. The van der Waals surface area contributed by atoms with E-state index in [0.717, 1.165) is 65.2 Å². The minimum absolute atomic E-state index is 0.00751. The van der Waals surface area contributed by atoms with Gasteiger partial charge in [0.15, 0.2) is 0 Å². The lowest BCUT2D eigenvalue weighted by molar-refractivity contribution is -0.00860. The predicted octanol–water partition coefficient (Wildman–Crippen LogP) is 6.63. The zero-order valence-corrected chi connectivity index (χ0v) is 26.6. The van der Waals surface area contributed by atoms with Crippen molar-refractivity contribution >= 4 is 10.8 Å². The van der Waals surface area contributed by atoms with E-state index < -0.39 is 0 Å². The van der Waals surface area contributed by atoms with Crippen LogP contribution < -0.4 is 19.5 Å². The average Bonchev–Trinajstić information content (AvgIpc) is 3.62. The maximum absolute atomic E-state index is 6.72. The van der Waals surface area contributed by atoms with Crippen molar-refractivity contribution in [1.82, 2.24) is 14.9 Å². The summed E-state index contributed by atoms with van der Waals surface area (Å²) in [5.41, 5.74) is 3.40. The van der Waals surface area contributed by atoms with E-state index in [1.54, 1.807) is 14.2 Å². The van der Waals surface area contributed by atoms with Crippen molar-refractivity contribution in [3.05, 3.63) is 120 Å². The van der Waals surface area contributed by atoms with E-state index in [4.69, 9.17) is 23.7 Å². The molecule has 1 saturated heterocycles. The summed E-state index contributed by atoms with van der Waals surface area (Å²) >= 11 is 0. The van der Waals surface area contributed by atoms with Crippen molar-refractivity contribution in [2.75, 3.05) is 40.5 Å². The van der Waals surface area contributed by atoms with E-state index in [1.165, 1.54) is 5.56 Å². The molecule has 240 valence electrons. The van der Waals surface area contributed by atoms with Gasteiger partial charge in [0.25, 0.3) is 0 Å². The van der Waals surface area contributed by atoms with Crippen LogP contribution in [0.15, 0.2) is 104 Å². The Balaban J connectivity index is 1.09. The third-order valence-electron chi connectivity index (χ3n) is 8.65. The summed E-state index contributed by atoms with van der Waals surface area (Å²) in [5, 5.41) is 5.89. The number of fused-ring (bicyclic) bond motifs is 1. The molecular weight excluding hydrogens is 578 g/mol. The summed E-state index contributed by atoms with van der Waals surface area (Å²) in [4.78, 5) is 4.27. The number of nitrogens with zero attached hydrogens (tertiary/aromatic N) is 2. The highest BCUT2D eigenvalue weighted by atomic mass is 16.5. The molecule has 0 radical (unpaired) electrons. The SMILES string of the molecule is COc1ccccc1COCCCOc1ccc([C@H]2[C@@H](Cn3ccnc3)CNC[C@@H]2OCc2cc(OC)c3ccccc3c2)cc1. The van der Waals surface area contributed by atoms with Crippen LogP contribution in [0.3, 0.4) is 0 Å². The van der Waals surface area contributed by atoms with Crippen LogP contribution in [-0.4, -0.2) is 56.2 Å². The topological polar surface area (TPSA) is 76.0 Å². The normalized spacial score (nSPS) is 18.0. The molecular formula is C38H43N3O5. The number of imidazole rings is 1. The van der Waals surface area contributed by atoms with Gasteiger partial charge in [-0.2, -0.15) is 0 Å². The summed E-state index contributed by atoms with van der Waals surface area (Å²) in [6.45, 7) is 4.76. The molecule has 1 N–H and O–H groups in total. The number of rotatable bonds is 15. The van der Waals surface area contributed by atoms with Gasteiger partial charge in [-0.05, 0) is 52.8 Å². The van der Waals surface area contributed by atoms with Gasteiger partial charge in [0.1, 0.15) is 17.2 Å². The molecule has 8 nitrogen and oxygen atoms in total. The van der Waals surface area contributed by atoms with E-state index in [0.29, 0.717) is 32.3 Å². The second-order valence-electron chi connectivity index (χ2n) is 11.7. The van der Waals surface area contributed by atoms with Gasteiger partial charge in [0.2, 0.25) is 0 Å². The molecule has 3 atom stereocenters. The lowest BCUT2D eigenvalue weighted by Crippen LogP contribution is -2.48. The average molecular weight is 622 g/mol. The zero-order valence-electron chi connectivity index (χ0n) is 26.6. The van der Waals surface area contributed by atoms with Crippen molar-refractivity contribution in [1.29, 1.82) is 0 Å². The van der Waals surface area contributed by atoms with Crippen LogP contribution in [0.5, 0.6) is 17.2 Å². The molecule has 4 aromatic carbocycles. The first-order valence-corrected chi connectivity index (χ1v) is 16.0. The quantitative estimate of drug-likeness (QED) is 0.132.